The summed E-state index contributed by atoms with van der Waals surface area (Å²) in [6.07, 6.45) is -0.484. The van der Waals surface area contributed by atoms with Gasteiger partial charge in [0.2, 0.25) is 5.90 Å². The number of hydrogen-bond acceptors (Lipinski definition) is 7. The van der Waals surface area contributed by atoms with Crippen molar-refractivity contribution in [3.8, 4) is 11.5 Å². The number of carbonyl (C=O) groups excluding carboxylic acids is 2. The van der Waals surface area contributed by atoms with E-state index in [4.69, 9.17) is 23.9 Å². The number of carbonyl (C=O) groups is 2. The molecule has 1 saturated carbocycles. The topological polar surface area (TPSA) is 83.4 Å². The minimum atomic E-state index is -1.35. The molecule has 3 atom stereocenters. The van der Waals surface area contributed by atoms with Crippen LogP contribution in [0.2, 0.25) is 0 Å². The maximum atomic E-state index is 13.3. The van der Waals surface area contributed by atoms with Gasteiger partial charge in [0, 0.05) is 31.4 Å². The standard InChI is InChI=1S/C23H23NO6/c1-27-18-10-9-15(11-19(18)28-2)17-12-16(25)13-20(29-3)23(17)22(26)30-21(24-23)14-7-5-4-6-8-14/h4-11,17,20H,12-13H2,1-3H3/t17-,20+,23+/m1/s1. The molecular weight excluding hydrogens is 386 g/mol. The Balaban J connectivity index is 1.87. The molecule has 0 unspecified atom stereocenters. The number of methoxy groups -OCH3 is 3. The van der Waals surface area contributed by atoms with Crippen LogP contribution in [0.4, 0.5) is 0 Å². The Hall–Kier alpha value is -3.19. The van der Waals surface area contributed by atoms with Crippen molar-refractivity contribution in [2.45, 2.75) is 30.4 Å². The molecule has 2 aliphatic rings. The number of nitrogens with zero attached hydrogens (tertiary/aromatic N) is 1. The fourth-order valence-electron chi connectivity index (χ4n) is 4.29. The third kappa shape index (κ3) is 3.15. The number of ether oxygens (including phenoxy) is 4. The van der Waals surface area contributed by atoms with Crippen LogP contribution in [-0.4, -0.2) is 50.6 Å². The van der Waals surface area contributed by atoms with E-state index in [1.807, 2.05) is 36.4 Å². The fourth-order valence-corrected chi connectivity index (χ4v) is 4.29. The van der Waals surface area contributed by atoms with E-state index in [-0.39, 0.29) is 24.5 Å². The van der Waals surface area contributed by atoms with Crippen LogP contribution >= 0.6 is 0 Å². The molecule has 156 valence electrons. The van der Waals surface area contributed by atoms with Gasteiger partial charge in [0.1, 0.15) is 11.9 Å². The maximum Gasteiger partial charge on any atom is 0.344 e. The number of ketones is 1. The summed E-state index contributed by atoms with van der Waals surface area (Å²) in [6.45, 7) is 0. The number of cyclic esters (lactones) is 1. The first-order valence-electron chi connectivity index (χ1n) is 9.67. The minimum absolute atomic E-state index is 0.00317. The van der Waals surface area contributed by atoms with Gasteiger partial charge in [-0.3, -0.25) is 4.79 Å². The molecule has 1 heterocycles. The molecule has 30 heavy (non-hydrogen) atoms. The predicted molar refractivity (Wildman–Crippen MR) is 109 cm³/mol. The van der Waals surface area contributed by atoms with Crippen molar-refractivity contribution >= 4 is 17.7 Å². The summed E-state index contributed by atoms with van der Waals surface area (Å²) in [4.78, 5) is 30.6. The van der Waals surface area contributed by atoms with Crippen molar-refractivity contribution in [2.75, 3.05) is 21.3 Å². The lowest BCUT2D eigenvalue weighted by Crippen LogP contribution is -2.55. The molecule has 1 aliphatic heterocycles. The van der Waals surface area contributed by atoms with Crippen molar-refractivity contribution in [2.24, 2.45) is 4.99 Å². The van der Waals surface area contributed by atoms with Crippen LogP contribution in [-0.2, 0) is 19.1 Å². The minimum Gasteiger partial charge on any atom is -0.493 e. The third-order valence-corrected chi connectivity index (χ3v) is 5.79. The zero-order chi connectivity index (χ0) is 21.3. The Morgan fingerprint density at radius 1 is 0.967 bits per heavy atom. The second-order valence-corrected chi connectivity index (χ2v) is 7.34. The lowest BCUT2D eigenvalue weighted by molar-refractivity contribution is -0.149. The zero-order valence-electron chi connectivity index (χ0n) is 17.1. The van der Waals surface area contributed by atoms with Gasteiger partial charge in [0.05, 0.1) is 14.2 Å². The quantitative estimate of drug-likeness (QED) is 0.706. The highest BCUT2D eigenvalue weighted by Gasteiger charge is 2.61. The molecule has 1 aliphatic carbocycles. The largest absolute Gasteiger partial charge is 0.493 e. The molecule has 0 N–H and O–H groups in total. The maximum absolute atomic E-state index is 13.3. The van der Waals surface area contributed by atoms with Gasteiger partial charge in [-0.05, 0) is 29.8 Å². The summed E-state index contributed by atoms with van der Waals surface area (Å²) in [7, 11) is 4.58. The first-order valence-corrected chi connectivity index (χ1v) is 9.67. The molecule has 0 amide bonds. The summed E-state index contributed by atoms with van der Waals surface area (Å²) in [5.74, 6) is 0.238. The number of hydrogen-bond donors (Lipinski definition) is 0. The summed E-state index contributed by atoms with van der Waals surface area (Å²) < 4.78 is 22.0. The lowest BCUT2D eigenvalue weighted by Gasteiger charge is -2.40. The highest BCUT2D eigenvalue weighted by atomic mass is 16.6. The van der Waals surface area contributed by atoms with E-state index in [0.29, 0.717) is 17.1 Å². The zero-order valence-corrected chi connectivity index (χ0v) is 17.1. The number of benzene rings is 2. The summed E-state index contributed by atoms with van der Waals surface area (Å²) >= 11 is 0. The van der Waals surface area contributed by atoms with Crippen LogP contribution < -0.4 is 9.47 Å². The third-order valence-electron chi connectivity index (χ3n) is 5.79. The lowest BCUT2D eigenvalue weighted by atomic mass is 9.67. The fraction of sp³-hybridized carbons (Fsp3) is 0.348. The molecule has 0 aromatic heterocycles. The summed E-state index contributed by atoms with van der Waals surface area (Å²) in [6, 6.07) is 14.6. The molecule has 0 radical (unpaired) electrons. The van der Waals surface area contributed by atoms with E-state index >= 15 is 0 Å². The van der Waals surface area contributed by atoms with Gasteiger partial charge in [-0.25, -0.2) is 9.79 Å². The first kappa shape index (κ1) is 20.1. The summed E-state index contributed by atoms with van der Waals surface area (Å²) in [5.41, 5.74) is 0.0752. The van der Waals surface area contributed by atoms with E-state index in [1.165, 1.54) is 14.2 Å². The van der Waals surface area contributed by atoms with Crippen LogP contribution in [0.3, 0.4) is 0 Å². The average Bonchev–Trinajstić information content (AvgIpc) is 3.12. The van der Waals surface area contributed by atoms with Crippen molar-refractivity contribution in [1.82, 2.24) is 0 Å². The molecule has 1 spiro atoms. The first-order chi connectivity index (χ1) is 14.5. The Bertz CT molecular complexity index is 1000. The normalized spacial score (nSPS) is 25.8. The Morgan fingerprint density at radius 2 is 1.70 bits per heavy atom. The number of esters is 1. The highest BCUT2D eigenvalue weighted by Crippen LogP contribution is 2.48. The van der Waals surface area contributed by atoms with E-state index in [0.717, 1.165) is 5.56 Å². The van der Waals surface area contributed by atoms with Crippen LogP contribution in [0.25, 0.3) is 0 Å². The average molecular weight is 409 g/mol. The SMILES string of the molecule is COc1ccc([C@H]2CC(=O)C[C@H](OC)[C@@]23N=C(c2ccccc2)OC3=O)cc1OC. The Morgan fingerprint density at radius 3 is 2.37 bits per heavy atom. The summed E-state index contributed by atoms with van der Waals surface area (Å²) in [5, 5.41) is 0. The number of Topliss-reactive ketones (excluding diaryl/α,β-unsaturated/α-hetero) is 1. The molecule has 0 bridgehead atoms. The van der Waals surface area contributed by atoms with Gasteiger partial charge in [-0.2, -0.15) is 0 Å². The Kier molecular flexibility index (Phi) is 5.30. The molecule has 7 nitrogen and oxygen atoms in total. The van der Waals surface area contributed by atoms with Crippen molar-refractivity contribution in [1.29, 1.82) is 0 Å². The molecular formula is C23H23NO6. The molecule has 4 rings (SSSR count). The van der Waals surface area contributed by atoms with Gasteiger partial charge in [0.15, 0.2) is 17.0 Å². The molecule has 2 aromatic carbocycles. The van der Waals surface area contributed by atoms with Gasteiger partial charge in [-0.1, -0.05) is 24.3 Å². The van der Waals surface area contributed by atoms with Crippen LogP contribution in [0.15, 0.2) is 53.5 Å². The monoisotopic (exact) mass is 409 g/mol. The van der Waals surface area contributed by atoms with Crippen LogP contribution in [0.1, 0.15) is 29.9 Å². The number of aliphatic imine (C=N–C) groups is 1. The second kappa shape index (κ2) is 7.91. The molecule has 0 saturated heterocycles. The molecule has 1 fully saturated rings. The predicted octanol–water partition coefficient (Wildman–Crippen LogP) is 2.91. The van der Waals surface area contributed by atoms with Crippen molar-refractivity contribution in [3.63, 3.8) is 0 Å². The van der Waals surface area contributed by atoms with Crippen molar-refractivity contribution < 1.29 is 28.5 Å². The van der Waals surface area contributed by atoms with Crippen molar-refractivity contribution in [3.05, 3.63) is 59.7 Å². The van der Waals surface area contributed by atoms with E-state index in [9.17, 15) is 9.59 Å². The molecule has 7 heteroatoms. The number of rotatable bonds is 5. The van der Waals surface area contributed by atoms with Crippen LogP contribution in [0.5, 0.6) is 11.5 Å². The van der Waals surface area contributed by atoms with Gasteiger partial charge in [0.25, 0.3) is 0 Å². The van der Waals surface area contributed by atoms with E-state index in [1.54, 1.807) is 19.2 Å². The van der Waals surface area contributed by atoms with Gasteiger partial charge in [-0.15, -0.1) is 0 Å². The van der Waals surface area contributed by atoms with Gasteiger partial charge >= 0.3 is 5.97 Å². The molecule has 2 aromatic rings. The van der Waals surface area contributed by atoms with E-state index in [2.05, 4.69) is 0 Å². The van der Waals surface area contributed by atoms with E-state index < -0.39 is 23.5 Å². The highest BCUT2D eigenvalue weighted by molar-refractivity contribution is 6.09. The van der Waals surface area contributed by atoms with Gasteiger partial charge < -0.3 is 18.9 Å². The second-order valence-electron chi connectivity index (χ2n) is 7.34. The van der Waals surface area contributed by atoms with Crippen LogP contribution in [0, 0.1) is 0 Å². The Labute approximate surface area is 174 Å². The smallest absolute Gasteiger partial charge is 0.344 e.